The van der Waals surface area contributed by atoms with Gasteiger partial charge in [-0.1, -0.05) is 11.6 Å². The van der Waals surface area contributed by atoms with Crippen molar-refractivity contribution in [3.8, 4) is 0 Å². The van der Waals surface area contributed by atoms with Crippen LogP contribution < -0.4 is 11.1 Å². The highest BCUT2D eigenvalue weighted by molar-refractivity contribution is 7.21. The van der Waals surface area contributed by atoms with Crippen LogP contribution in [0, 0.1) is 5.82 Å². The minimum Gasteiger partial charge on any atom is -0.397 e. The van der Waals surface area contributed by atoms with Gasteiger partial charge in [-0.05, 0) is 42.5 Å². The van der Waals surface area contributed by atoms with E-state index < -0.39 is 0 Å². The minimum atomic E-state index is -0.357. The number of nitrogens with one attached hydrogen (secondary N) is 1. The first-order chi connectivity index (χ1) is 10.0. The van der Waals surface area contributed by atoms with E-state index in [1.165, 1.54) is 35.6 Å². The SMILES string of the molecule is Nc1c(C(=O)Nc2ccc(F)cc2)sc2ccc(Cl)cc12. The first-order valence-electron chi connectivity index (χ1n) is 6.09. The van der Waals surface area contributed by atoms with E-state index in [4.69, 9.17) is 17.3 Å². The third kappa shape index (κ3) is 2.70. The first kappa shape index (κ1) is 13.9. The molecule has 3 N–H and O–H groups in total. The van der Waals surface area contributed by atoms with Crippen molar-refractivity contribution in [2.45, 2.75) is 0 Å². The summed E-state index contributed by atoms with van der Waals surface area (Å²) in [7, 11) is 0. The summed E-state index contributed by atoms with van der Waals surface area (Å²) >= 11 is 7.23. The molecule has 0 aliphatic rings. The van der Waals surface area contributed by atoms with Gasteiger partial charge in [-0.15, -0.1) is 11.3 Å². The molecule has 21 heavy (non-hydrogen) atoms. The van der Waals surface area contributed by atoms with E-state index in [0.29, 0.717) is 21.3 Å². The van der Waals surface area contributed by atoms with Crippen molar-refractivity contribution >= 4 is 50.3 Å². The van der Waals surface area contributed by atoms with Crippen LogP contribution in [0.1, 0.15) is 9.67 Å². The lowest BCUT2D eigenvalue weighted by molar-refractivity contribution is 0.103. The molecule has 1 aromatic heterocycles. The normalized spacial score (nSPS) is 10.8. The van der Waals surface area contributed by atoms with E-state index in [2.05, 4.69) is 5.32 Å². The van der Waals surface area contributed by atoms with Crippen molar-refractivity contribution in [1.29, 1.82) is 0 Å². The zero-order valence-corrected chi connectivity index (χ0v) is 12.3. The summed E-state index contributed by atoms with van der Waals surface area (Å²) in [5, 5.41) is 4.02. The fourth-order valence-electron chi connectivity index (χ4n) is 1.98. The van der Waals surface area contributed by atoms with Crippen LogP contribution in [0.15, 0.2) is 42.5 Å². The van der Waals surface area contributed by atoms with Crippen molar-refractivity contribution in [1.82, 2.24) is 0 Å². The van der Waals surface area contributed by atoms with Gasteiger partial charge in [-0.2, -0.15) is 0 Å². The van der Waals surface area contributed by atoms with E-state index in [1.54, 1.807) is 12.1 Å². The molecule has 0 fully saturated rings. The highest BCUT2D eigenvalue weighted by Crippen LogP contribution is 2.35. The maximum atomic E-state index is 12.8. The Bertz CT molecular complexity index is 830. The van der Waals surface area contributed by atoms with Crippen molar-refractivity contribution in [3.63, 3.8) is 0 Å². The van der Waals surface area contributed by atoms with Crippen molar-refractivity contribution < 1.29 is 9.18 Å². The van der Waals surface area contributed by atoms with Crippen LogP contribution in [-0.2, 0) is 0 Å². The molecule has 3 aromatic rings. The molecule has 106 valence electrons. The quantitative estimate of drug-likeness (QED) is 0.729. The molecule has 0 aliphatic carbocycles. The second-order valence-electron chi connectivity index (χ2n) is 4.45. The second-order valence-corrected chi connectivity index (χ2v) is 5.93. The second kappa shape index (κ2) is 5.35. The lowest BCUT2D eigenvalue weighted by atomic mass is 10.2. The predicted molar refractivity (Wildman–Crippen MR) is 85.6 cm³/mol. The molecule has 0 atom stereocenters. The van der Waals surface area contributed by atoms with E-state index in [0.717, 1.165) is 10.1 Å². The summed E-state index contributed by atoms with van der Waals surface area (Å²) in [6.45, 7) is 0. The Morgan fingerprint density at radius 1 is 1.19 bits per heavy atom. The molecule has 2 aromatic carbocycles. The number of anilines is 2. The topological polar surface area (TPSA) is 55.1 Å². The van der Waals surface area contributed by atoms with Gasteiger partial charge in [0.05, 0.1) is 5.69 Å². The number of hydrogen-bond donors (Lipinski definition) is 2. The molecule has 0 saturated carbocycles. The monoisotopic (exact) mass is 320 g/mol. The van der Waals surface area contributed by atoms with Crippen molar-refractivity contribution in [3.05, 3.63) is 58.2 Å². The summed E-state index contributed by atoms with van der Waals surface area (Å²) in [6.07, 6.45) is 0. The number of hydrogen-bond acceptors (Lipinski definition) is 3. The average molecular weight is 321 g/mol. The highest BCUT2D eigenvalue weighted by atomic mass is 35.5. The third-order valence-electron chi connectivity index (χ3n) is 3.00. The Balaban J connectivity index is 1.94. The van der Waals surface area contributed by atoms with Crippen LogP contribution in [0.2, 0.25) is 5.02 Å². The van der Waals surface area contributed by atoms with Gasteiger partial charge in [0.2, 0.25) is 0 Å². The molecule has 0 spiro atoms. The number of nitrogen functional groups attached to an aromatic ring is 1. The standard InChI is InChI=1S/C15H10ClFN2OS/c16-8-1-6-12-11(7-8)13(18)14(21-12)15(20)19-10-4-2-9(17)3-5-10/h1-7H,18H2,(H,19,20). The van der Waals surface area contributed by atoms with Gasteiger partial charge in [0.15, 0.2) is 0 Å². The Labute approximate surface area is 129 Å². The average Bonchev–Trinajstić information content (AvgIpc) is 2.79. The fraction of sp³-hybridized carbons (Fsp3) is 0. The number of benzene rings is 2. The van der Waals surface area contributed by atoms with E-state index in [-0.39, 0.29) is 11.7 Å². The molecule has 1 amide bonds. The highest BCUT2D eigenvalue weighted by Gasteiger charge is 2.16. The van der Waals surface area contributed by atoms with E-state index in [9.17, 15) is 9.18 Å². The number of carbonyl (C=O) groups is 1. The van der Waals surface area contributed by atoms with E-state index in [1.807, 2.05) is 6.07 Å². The molecular weight excluding hydrogens is 311 g/mol. The fourth-order valence-corrected chi connectivity index (χ4v) is 3.15. The Morgan fingerprint density at radius 3 is 2.62 bits per heavy atom. The number of rotatable bonds is 2. The third-order valence-corrected chi connectivity index (χ3v) is 4.42. The molecule has 1 heterocycles. The predicted octanol–water partition coefficient (Wildman–Crippen LogP) is 4.53. The van der Waals surface area contributed by atoms with Crippen LogP contribution in [0.5, 0.6) is 0 Å². The summed E-state index contributed by atoms with van der Waals surface area (Å²) in [4.78, 5) is 12.7. The Kier molecular flexibility index (Phi) is 3.53. The summed E-state index contributed by atoms with van der Waals surface area (Å²) in [5.74, 6) is -0.680. The molecule has 0 aliphatic heterocycles. The number of nitrogens with two attached hydrogens (primary N) is 1. The molecule has 0 unspecified atom stereocenters. The maximum absolute atomic E-state index is 12.8. The largest absolute Gasteiger partial charge is 0.397 e. The zero-order chi connectivity index (χ0) is 15.0. The zero-order valence-electron chi connectivity index (χ0n) is 10.7. The van der Waals surface area contributed by atoms with Crippen LogP contribution >= 0.6 is 22.9 Å². The van der Waals surface area contributed by atoms with Crippen LogP contribution in [0.3, 0.4) is 0 Å². The van der Waals surface area contributed by atoms with Gasteiger partial charge in [0, 0.05) is 20.8 Å². The summed E-state index contributed by atoms with van der Waals surface area (Å²) in [5.41, 5.74) is 6.93. The van der Waals surface area contributed by atoms with Gasteiger partial charge in [-0.3, -0.25) is 4.79 Å². The summed E-state index contributed by atoms with van der Waals surface area (Å²) < 4.78 is 13.7. The molecule has 0 saturated heterocycles. The summed E-state index contributed by atoms with van der Waals surface area (Å²) in [6, 6.07) is 10.9. The lowest BCUT2D eigenvalue weighted by Gasteiger charge is -2.04. The smallest absolute Gasteiger partial charge is 0.267 e. The molecule has 6 heteroatoms. The van der Waals surface area contributed by atoms with Crippen LogP contribution in [-0.4, -0.2) is 5.91 Å². The Morgan fingerprint density at radius 2 is 1.90 bits per heavy atom. The minimum absolute atomic E-state index is 0.323. The van der Waals surface area contributed by atoms with Gasteiger partial charge in [0.25, 0.3) is 5.91 Å². The maximum Gasteiger partial charge on any atom is 0.267 e. The lowest BCUT2D eigenvalue weighted by Crippen LogP contribution is -2.11. The van der Waals surface area contributed by atoms with Gasteiger partial charge >= 0.3 is 0 Å². The number of carbonyl (C=O) groups excluding carboxylic acids is 1. The number of amides is 1. The molecule has 0 radical (unpaired) electrons. The first-order valence-corrected chi connectivity index (χ1v) is 7.28. The van der Waals surface area contributed by atoms with Gasteiger partial charge in [0.1, 0.15) is 10.7 Å². The Hall–Kier alpha value is -2.11. The number of fused-ring (bicyclic) bond motifs is 1. The molecule has 3 rings (SSSR count). The van der Waals surface area contributed by atoms with Crippen molar-refractivity contribution in [2.24, 2.45) is 0 Å². The van der Waals surface area contributed by atoms with Crippen LogP contribution in [0.25, 0.3) is 10.1 Å². The molecular formula is C15H10ClFN2OS. The van der Waals surface area contributed by atoms with Gasteiger partial charge < -0.3 is 11.1 Å². The van der Waals surface area contributed by atoms with Crippen molar-refractivity contribution in [2.75, 3.05) is 11.1 Å². The molecule has 3 nitrogen and oxygen atoms in total. The number of thiophene rings is 1. The van der Waals surface area contributed by atoms with E-state index >= 15 is 0 Å². The number of halogens is 2. The molecule has 0 bridgehead atoms. The van der Waals surface area contributed by atoms with Gasteiger partial charge in [-0.25, -0.2) is 4.39 Å². The van der Waals surface area contributed by atoms with Crippen LogP contribution in [0.4, 0.5) is 15.8 Å².